The van der Waals surface area contributed by atoms with Crippen LogP contribution >= 0.6 is 0 Å². The number of aliphatic hydroxyl groups is 1. The molecule has 1 heterocycles. The molecular formula is C10H14N2O3. The van der Waals surface area contributed by atoms with Crippen molar-refractivity contribution in [3.8, 4) is 0 Å². The Balaban J connectivity index is 2.85. The maximum atomic E-state index is 10.4. The van der Waals surface area contributed by atoms with Gasteiger partial charge in [-0.2, -0.15) is 0 Å². The summed E-state index contributed by atoms with van der Waals surface area (Å²) in [7, 11) is 0. The van der Waals surface area contributed by atoms with Gasteiger partial charge in [-0.1, -0.05) is 0 Å². The molecule has 15 heavy (non-hydrogen) atoms. The molecule has 0 radical (unpaired) electrons. The van der Waals surface area contributed by atoms with Crippen LogP contribution in [0, 0.1) is 6.92 Å². The molecule has 0 aliphatic heterocycles. The van der Waals surface area contributed by atoms with Gasteiger partial charge in [0.15, 0.2) is 0 Å². The first kappa shape index (κ1) is 11.6. The smallest absolute Gasteiger partial charge is 0.303 e. The average Bonchev–Trinajstić information content (AvgIpc) is 2.15. The number of nitrogens with zero attached hydrogens (tertiary/aromatic N) is 2. The van der Waals surface area contributed by atoms with E-state index in [2.05, 4.69) is 9.97 Å². The Morgan fingerprint density at radius 2 is 2.07 bits per heavy atom. The Labute approximate surface area is 87.8 Å². The molecule has 5 heteroatoms. The van der Waals surface area contributed by atoms with Crippen LogP contribution in [0.15, 0.2) is 12.4 Å². The topological polar surface area (TPSA) is 83.3 Å². The number of carboxylic acid groups (broad SMARTS) is 1. The SMILES string of the molecule is Cc1nccnc1C(C)(O)CCC(=O)O. The molecule has 82 valence electrons. The lowest BCUT2D eigenvalue weighted by Gasteiger charge is -2.22. The van der Waals surface area contributed by atoms with Gasteiger partial charge in [0.05, 0.1) is 11.4 Å². The van der Waals surface area contributed by atoms with E-state index in [-0.39, 0.29) is 12.8 Å². The molecule has 0 aromatic carbocycles. The van der Waals surface area contributed by atoms with Crippen LogP contribution in [-0.4, -0.2) is 26.2 Å². The molecule has 5 nitrogen and oxygen atoms in total. The van der Waals surface area contributed by atoms with Crippen LogP contribution in [0.2, 0.25) is 0 Å². The average molecular weight is 210 g/mol. The Morgan fingerprint density at radius 3 is 2.60 bits per heavy atom. The van der Waals surface area contributed by atoms with E-state index >= 15 is 0 Å². The largest absolute Gasteiger partial charge is 0.481 e. The summed E-state index contributed by atoms with van der Waals surface area (Å²) < 4.78 is 0. The Kier molecular flexibility index (Phi) is 3.36. The molecule has 1 rings (SSSR count). The second-order valence-corrected chi connectivity index (χ2v) is 3.66. The molecular weight excluding hydrogens is 196 g/mol. The zero-order valence-electron chi connectivity index (χ0n) is 8.77. The highest BCUT2D eigenvalue weighted by atomic mass is 16.4. The lowest BCUT2D eigenvalue weighted by Crippen LogP contribution is -2.25. The molecule has 0 bridgehead atoms. The highest BCUT2D eigenvalue weighted by Gasteiger charge is 2.27. The van der Waals surface area contributed by atoms with E-state index in [1.54, 1.807) is 13.8 Å². The maximum absolute atomic E-state index is 10.4. The standard InChI is InChI=1S/C10H14N2O3/c1-7-9(12-6-5-11-7)10(2,15)4-3-8(13)14/h5-6,15H,3-4H2,1-2H3,(H,13,14). The molecule has 0 saturated heterocycles. The fourth-order valence-corrected chi connectivity index (χ4v) is 1.41. The molecule has 0 saturated carbocycles. The molecule has 1 aromatic rings. The first-order chi connectivity index (χ1) is 6.93. The van der Waals surface area contributed by atoms with Crippen molar-refractivity contribution < 1.29 is 15.0 Å². The highest BCUT2D eigenvalue weighted by molar-refractivity contribution is 5.66. The third-order valence-corrected chi connectivity index (χ3v) is 2.22. The summed E-state index contributed by atoms with van der Waals surface area (Å²) in [6, 6.07) is 0. The van der Waals surface area contributed by atoms with Crippen molar-refractivity contribution in [3.63, 3.8) is 0 Å². The summed E-state index contributed by atoms with van der Waals surface area (Å²) >= 11 is 0. The summed E-state index contributed by atoms with van der Waals surface area (Å²) in [5, 5.41) is 18.6. The van der Waals surface area contributed by atoms with Gasteiger partial charge in [0, 0.05) is 18.8 Å². The van der Waals surface area contributed by atoms with Crippen molar-refractivity contribution in [1.82, 2.24) is 9.97 Å². The highest BCUT2D eigenvalue weighted by Crippen LogP contribution is 2.25. The van der Waals surface area contributed by atoms with Gasteiger partial charge in [-0.25, -0.2) is 0 Å². The zero-order valence-corrected chi connectivity index (χ0v) is 8.77. The molecule has 0 amide bonds. The Hall–Kier alpha value is -1.49. The Morgan fingerprint density at radius 1 is 1.47 bits per heavy atom. The van der Waals surface area contributed by atoms with Gasteiger partial charge in [0.2, 0.25) is 0 Å². The van der Waals surface area contributed by atoms with E-state index in [1.807, 2.05) is 0 Å². The van der Waals surface area contributed by atoms with Gasteiger partial charge in [0.1, 0.15) is 5.60 Å². The van der Waals surface area contributed by atoms with E-state index in [4.69, 9.17) is 5.11 Å². The van der Waals surface area contributed by atoms with Crippen LogP contribution in [0.3, 0.4) is 0 Å². The van der Waals surface area contributed by atoms with E-state index in [0.29, 0.717) is 11.4 Å². The first-order valence-corrected chi connectivity index (χ1v) is 4.66. The van der Waals surface area contributed by atoms with Gasteiger partial charge < -0.3 is 10.2 Å². The third-order valence-electron chi connectivity index (χ3n) is 2.22. The summed E-state index contributed by atoms with van der Waals surface area (Å²) in [5.41, 5.74) is -0.185. The first-order valence-electron chi connectivity index (χ1n) is 4.66. The van der Waals surface area contributed by atoms with Crippen molar-refractivity contribution in [2.24, 2.45) is 0 Å². The molecule has 0 aliphatic carbocycles. The van der Waals surface area contributed by atoms with E-state index in [9.17, 15) is 9.90 Å². The quantitative estimate of drug-likeness (QED) is 0.770. The minimum Gasteiger partial charge on any atom is -0.481 e. The van der Waals surface area contributed by atoms with Gasteiger partial charge >= 0.3 is 5.97 Å². The van der Waals surface area contributed by atoms with Gasteiger partial charge in [-0.15, -0.1) is 0 Å². The van der Waals surface area contributed by atoms with Crippen molar-refractivity contribution in [2.75, 3.05) is 0 Å². The molecule has 0 spiro atoms. The number of hydrogen-bond donors (Lipinski definition) is 2. The Bertz CT molecular complexity index is 363. The van der Waals surface area contributed by atoms with Crippen LogP contribution < -0.4 is 0 Å². The minimum absolute atomic E-state index is 0.0942. The number of carboxylic acids is 1. The van der Waals surface area contributed by atoms with Crippen LogP contribution in [0.5, 0.6) is 0 Å². The summed E-state index contributed by atoms with van der Waals surface area (Å²) in [4.78, 5) is 18.4. The van der Waals surface area contributed by atoms with Gasteiger partial charge in [0.25, 0.3) is 0 Å². The fraction of sp³-hybridized carbons (Fsp3) is 0.500. The zero-order chi connectivity index (χ0) is 11.5. The predicted molar refractivity (Wildman–Crippen MR) is 53.2 cm³/mol. The number of aryl methyl sites for hydroxylation is 1. The van der Waals surface area contributed by atoms with Crippen molar-refractivity contribution >= 4 is 5.97 Å². The van der Waals surface area contributed by atoms with E-state index in [0.717, 1.165) is 0 Å². The van der Waals surface area contributed by atoms with Gasteiger partial charge in [-0.3, -0.25) is 14.8 Å². The number of hydrogen-bond acceptors (Lipinski definition) is 4. The lowest BCUT2D eigenvalue weighted by molar-refractivity contribution is -0.138. The molecule has 1 unspecified atom stereocenters. The fourth-order valence-electron chi connectivity index (χ4n) is 1.41. The maximum Gasteiger partial charge on any atom is 0.303 e. The van der Waals surface area contributed by atoms with Crippen LogP contribution in [-0.2, 0) is 10.4 Å². The minimum atomic E-state index is -1.24. The number of carbonyl (C=O) groups is 1. The monoisotopic (exact) mass is 210 g/mol. The number of rotatable bonds is 4. The lowest BCUT2D eigenvalue weighted by atomic mass is 9.94. The number of aliphatic carboxylic acids is 1. The molecule has 1 atom stereocenters. The predicted octanol–water partition coefficient (Wildman–Crippen LogP) is 0.857. The molecule has 1 aromatic heterocycles. The third kappa shape index (κ3) is 2.99. The van der Waals surface area contributed by atoms with E-state index in [1.165, 1.54) is 12.4 Å². The van der Waals surface area contributed by atoms with Crippen molar-refractivity contribution in [1.29, 1.82) is 0 Å². The normalized spacial score (nSPS) is 14.6. The molecule has 2 N–H and O–H groups in total. The van der Waals surface area contributed by atoms with Crippen molar-refractivity contribution in [3.05, 3.63) is 23.8 Å². The molecule has 0 aliphatic rings. The van der Waals surface area contributed by atoms with Crippen molar-refractivity contribution in [2.45, 2.75) is 32.3 Å². The van der Waals surface area contributed by atoms with Crippen LogP contribution in [0.4, 0.5) is 0 Å². The van der Waals surface area contributed by atoms with Crippen LogP contribution in [0.25, 0.3) is 0 Å². The summed E-state index contributed by atoms with van der Waals surface area (Å²) in [6.07, 6.45) is 3.05. The van der Waals surface area contributed by atoms with Gasteiger partial charge in [-0.05, 0) is 20.3 Å². The summed E-state index contributed by atoms with van der Waals surface area (Å²) in [6.45, 7) is 3.28. The second-order valence-electron chi connectivity index (χ2n) is 3.66. The molecule has 0 fully saturated rings. The van der Waals surface area contributed by atoms with Crippen LogP contribution in [0.1, 0.15) is 31.2 Å². The number of aromatic nitrogens is 2. The summed E-state index contributed by atoms with van der Waals surface area (Å²) in [5.74, 6) is -0.934. The van der Waals surface area contributed by atoms with E-state index < -0.39 is 11.6 Å². The second kappa shape index (κ2) is 4.35.